The molecular weight excluding hydrogens is 1080 g/mol. The molecule has 1 fully saturated rings. The smallest absolute Gasteiger partial charge is 0.328 e. The molecule has 0 saturated carbocycles. The molecule has 1 aliphatic rings. The molecule has 0 aliphatic carbocycles. The summed E-state index contributed by atoms with van der Waals surface area (Å²) < 4.78 is 5.74. The fraction of sp³-hybridized carbons (Fsp3) is 0.667. The van der Waals surface area contributed by atoms with Crippen molar-refractivity contribution >= 4 is 83.1 Å². The molecule has 454 valence electrons. The van der Waals surface area contributed by atoms with Gasteiger partial charge in [0.1, 0.15) is 54.4 Å². The van der Waals surface area contributed by atoms with E-state index in [4.69, 9.17) is 22.1 Å². The van der Waals surface area contributed by atoms with Crippen LogP contribution in [0.15, 0.2) is 30.3 Å². The minimum absolute atomic E-state index is 0.00840. The van der Waals surface area contributed by atoms with Crippen molar-refractivity contribution < 1.29 is 72.5 Å². The van der Waals surface area contributed by atoms with Gasteiger partial charge in [0, 0.05) is 31.2 Å². The molecule has 0 bridgehead atoms. The van der Waals surface area contributed by atoms with E-state index in [-0.39, 0.29) is 37.5 Å². The van der Waals surface area contributed by atoms with Gasteiger partial charge in [0.25, 0.3) is 0 Å². The number of hydrogen-bond acceptors (Lipinski definition) is 15. The van der Waals surface area contributed by atoms with E-state index in [1.54, 1.807) is 71.9 Å². The number of benzene rings is 1. The Morgan fingerprint density at radius 1 is 0.790 bits per heavy atom. The number of nitrogens with zero attached hydrogens (tertiary/aromatic N) is 1. The zero-order valence-electron chi connectivity index (χ0n) is 48.2. The van der Waals surface area contributed by atoms with E-state index >= 15 is 0 Å². The van der Waals surface area contributed by atoms with Gasteiger partial charge in [-0.2, -0.15) is 0 Å². The monoisotopic (exact) mass is 1160 g/mol. The number of ether oxygens (including phenoxy) is 1. The van der Waals surface area contributed by atoms with Crippen LogP contribution >= 0.6 is 11.6 Å². The first-order valence-corrected chi connectivity index (χ1v) is 27.7. The largest absolute Gasteiger partial charge is 0.459 e. The van der Waals surface area contributed by atoms with Gasteiger partial charge >= 0.3 is 5.97 Å². The minimum atomic E-state index is -1.84. The zero-order valence-corrected chi connectivity index (χ0v) is 48.9. The number of aliphatic hydroxyl groups excluding tert-OH is 2. The van der Waals surface area contributed by atoms with Gasteiger partial charge in [-0.3, -0.25) is 52.7 Å². The molecule has 0 radical (unpaired) electrons. The van der Waals surface area contributed by atoms with Crippen LogP contribution in [0.4, 0.5) is 0 Å². The average Bonchev–Trinajstić information content (AvgIpc) is 3.39. The summed E-state index contributed by atoms with van der Waals surface area (Å²) in [5.74, 6) is -11.5. The number of esters is 1. The first kappa shape index (κ1) is 70.2. The van der Waals surface area contributed by atoms with Gasteiger partial charge in [-0.25, -0.2) is 4.79 Å². The van der Waals surface area contributed by atoms with Crippen molar-refractivity contribution in [1.82, 2.24) is 52.8 Å². The second-order valence-corrected chi connectivity index (χ2v) is 22.2. The number of halogens is 1. The molecular formula is C54H86ClN11O15. The van der Waals surface area contributed by atoms with Crippen LogP contribution in [-0.4, -0.2) is 178 Å². The maximum absolute atomic E-state index is 14.4. The lowest BCUT2D eigenvalue weighted by Gasteiger charge is -2.34. The standard InChI is InChI=1S/C54H86ClN11O15/c1-12-16-36-54(80)81-33(10)46(65-49(75)37(58-26-67)21-27(2)3)40(69)24-42(71)59-31(8)53(79)66(11)39(22-28(4)5)50(76)63-44(29(6)30(7)55)51(77)61-35(19-20-41(56)70)48(74)64-45(32(9)68)52(78)62-38(23-34-17-14-13-15-18-34)47(73)57-25-43(72)60-36/h13-15,17-18,26-33,35-40,44-46,68-69H,12,16,19-25H2,1-11H3,(H2,56,70)(H,57,73)(H,58,67)(H,59,71)(H,60,72)(H,61,77)(H,62,78)(H,63,76)(H,64,74)(H,65,75)/t29?,30?,31-,32-,33?,35?,36?,37+,38?,39-,40?,44?,45-,46?/m0/s1. The Labute approximate surface area is 478 Å². The van der Waals surface area contributed by atoms with Crippen molar-refractivity contribution in [2.45, 2.75) is 199 Å². The molecule has 1 saturated heterocycles. The molecule has 26 nitrogen and oxygen atoms in total. The van der Waals surface area contributed by atoms with Gasteiger partial charge in [-0.05, 0) is 70.8 Å². The normalized spacial score (nSPS) is 26.6. The van der Waals surface area contributed by atoms with Gasteiger partial charge in [0.2, 0.25) is 65.5 Å². The number of aliphatic hydroxyl groups is 2. The zero-order chi connectivity index (χ0) is 61.4. The fourth-order valence-electron chi connectivity index (χ4n) is 8.78. The lowest BCUT2D eigenvalue weighted by Crippen LogP contribution is -2.62. The van der Waals surface area contributed by atoms with E-state index in [2.05, 4.69) is 47.9 Å². The molecule has 9 unspecified atom stereocenters. The number of nitrogens with one attached hydrogen (secondary N) is 9. The van der Waals surface area contributed by atoms with Crippen molar-refractivity contribution in [3.63, 3.8) is 0 Å². The van der Waals surface area contributed by atoms with Crippen LogP contribution in [0.5, 0.6) is 0 Å². The van der Waals surface area contributed by atoms with Crippen molar-refractivity contribution in [3.8, 4) is 0 Å². The van der Waals surface area contributed by atoms with Crippen LogP contribution in [0, 0.1) is 17.8 Å². The van der Waals surface area contributed by atoms with E-state index in [1.807, 2.05) is 0 Å². The quantitative estimate of drug-likeness (QED) is 0.0438. The van der Waals surface area contributed by atoms with Crippen LogP contribution in [0.2, 0.25) is 0 Å². The van der Waals surface area contributed by atoms with Crippen molar-refractivity contribution in [2.24, 2.45) is 23.5 Å². The average molecular weight is 1160 g/mol. The van der Waals surface area contributed by atoms with Crippen molar-refractivity contribution in [2.75, 3.05) is 13.6 Å². The number of carbonyl (C=O) groups excluding carboxylic acids is 12. The number of primary amides is 1. The highest BCUT2D eigenvalue weighted by Crippen LogP contribution is 2.19. The number of rotatable bonds is 18. The molecule has 14 atom stereocenters. The maximum atomic E-state index is 14.4. The number of alkyl halides is 1. The SMILES string of the molecule is CCCC1NC(=O)CNC(=O)C(Cc2ccccc2)NC(=O)[C@H]([C@H](C)O)NC(=O)C(CCC(N)=O)NC(=O)C(C(C)C(C)Cl)NC(=O)[C@H](CC(C)C)N(C)C(=O)[C@H](C)NC(=O)CC(O)C(NC(=O)[C@@H](CC(C)C)NC=O)C(C)OC1=O. The van der Waals surface area contributed by atoms with Gasteiger partial charge in [-0.15, -0.1) is 11.6 Å². The molecule has 27 heteroatoms. The highest BCUT2D eigenvalue weighted by atomic mass is 35.5. The van der Waals surface area contributed by atoms with E-state index in [9.17, 15) is 67.7 Å². The van der Waals surface area contributed by atoms with Gasteiger partial charge in [0.05, 0.1) is 31.2 Å². The van der Waals surface area contributed by atoms with Crippen LogP contribution in [0.3, 0.4) is 0 Å². The molecule has 11 amide bonds. The number of likely N-dealkylation sites (N-methyl/N-ethyl adjacent to an activating group) is 1. The molecule has 0 spiro atoms. The van der Waals surface area contributed by atoms with Gasteiger partial charge < -0.3 is 73.4 Å². The third-order valence-electron chi connectivity index (χ3n) is 13.5. The molecule has 1 aromatic carbocycles. The molecule has 81 heavy (non-hydrogen) atoms. The Balaban J connectivity index is 2.83. The minimum Gasteiger partial charge on any atom is -0.459 e. The van der Waals surface area contributed by atoms with Crippen molar-refractivity contribution in [1.29, 1.82) is 0 Å². The van der Waals surface area contributed by atoms with E-state index in [0.29, 0.717) is 18.4 Å². The van der Waals surface area contributed by atoms with Crippen LogP contribution < -0.4 is 53.6 Å². The summed E-state index contributed by atoms with van der Waals surface area (Å²) in [4.78, 5) is 165. The van der Waals surface area contributed by atoms with Crippen molar-refractivity contribution in [3.05, 3.63) is 35.9 Å². The summed E-state index contributed by atoms with van der Waals surface area (Å²) in [6.45, 7) is 14.9. The first-order valence-electron chi connectivity index (χ1n) is 27.3. The third kappa shape index (κ3) is 23.6. The molecule has 2 rings (SSSR count). The second-order valence-electron chi connectivity index (χ2n) is 21.5. The van der Waals surface area contributed by atoms with E-state index in [1.165, 1.54) is 27.8 Å². The number of hydrogen-bond donors (Lipinski definition) is 12. The third-order valence-corrected chi connectivity index (χ3v) is 13.9. The summed E-state index contributed by atoms with van der Waals surface area (Å²) in [5, 5.41) is 44.3. The Hall–Kier alpha value is -6.93. The predicted molar refractivity (Wildman–Crippen MR) is 296 cm³/mol. The summed E-state index contributed by atoms with van der Waals surface area (Å²) in [6.07, 6.45) is -6.05. The summed E-state index contributed by atoms with van der Waals surface area (Å²) in [5.41, 5.74) is 5.98. The lowest BCUT2D eigenvalue weighted by atomic mass is 9.95. The van der Waals surface area contributed by atoms with E-state index < -0.39 is 175 Å². The molecule has 13 N–H and O–H groups in total. The topological polar surface area (TPSA) is 392 Å². The van der Waals surface area contributed by atoms with E-state index in [0.717, 1.165) is 11.8 Å². The van der Waals surface area contributed by atoms with Crippen LogP contribution in [-0.2, 0) is 68.7 Å². The van der Waals surface area contributed by atoms with Gasteiger partial charge in [0.15, 0.2) is 0 Å². The Bertz CT molecular complexity index is 2330. The molecule has 1 heterocycles. The Morgan fingerprint density at radius 2 is 1.40 bits per heavy atom. The summed E-state index contributed by atoms with van der Waals surface area (Å²) >= 11 is 6.52. The number of cyclic esters (lactones) is 1. The lowest BCUT2D eigenvalue weighted by molar-refractivity contribution is -0.156. The molecule has 1 aromatic rings. The van der Waals surface area contributed by atoms with Crippen LogP contribution in [0.1, 0.15) is 120 Å². The number of carbonyl (C=O) groups is 12. The molecule has 0 aromatic heterocycles. The van der Waals surface area contributed by atoms with Gasteiger partial charge in [-0.1, -0.05) is 78.3 Å². The Morgan fingerprint density at radius 3 is 1.95 bits per heavy atom. The summed E-state index contributed by atoms with van der Waals surface area (Å²) in [7, 11) is 1.30. The highest BCUT2D eigenvalue weighted by molar-refractivity contribution is 6.20. The number of amides is 11. The number of nitrogens with two attached hydrogens (primary N) is 1. The summed E-state index contributed by atoms with van der Waals surface area (Å²) in [6, 6.07) is -4.87. The highest BCUT2D eigenvalue weighted by Gasteiger charge is 2.40. The second kappa shape index (κ2) is 34.4. The molecule has 1 aliphatic heterocycles. The van der Waals surface area contributed by atoms with Crippen LogP contribution in [0.25, 0.3) is 0 Å². The maximum Gasteiger partial charge on any atom is 0.328 e. The Kier molecular flexibility index (Phi) is 29.8. The fourth-order valence-corrected chi connectivity index (χ4v) is 8.93. The predicted octanol–water partition coefficient (Wildman–Crippen LogP) is -1.80. The first-order chi connectivity index (χ1) is 37.9.